The Kier molecular flexibility index (Phi) is 4.83. The van der Waals surface area contributed by atoms with Gasteiger partial charge in [0.2, 0.25) is 15.6 Å². The lowest BCUT2D eigenvalue weighted by molar-refractivity contribution is 0.581. The number of rotatable bonds is 5. The van der Waals surface area contributed by atoms with Crippen LogP contribution in [0, 0.1) is 0 Å². The lowest BCUT2D eigenvalue weighted by atomic mass is 10.0. The van der Waals surface area contributed by atoms with Crippen molar-refractivity contribution in [3.8, 4) is 0 Å². The molecule has 1 N–H and O–H groups in total. The number of aryl methyl sites for hydroxylation is 1. The molecule has 1 aromatic carbocycles. The second kappa shape index (κ2) is 6.46. The van der Waals surface area contributed by atoms with E-state index < -0.39 is 10.0 Å². The number of aromatic nitrogens is 1. The number of hydrogen-bond acceptors (Lipinski definition) is 3. The zero-order chi connectivity index (χ0) is 16.3. The molecule has 1 heterocycles. The molecule has 0 unspecified atom stereocenters. The molecule has 22 heavy (non-hydrogen) atoms. The molecule has 0 aliphatic carbocycles. The monoisotopic (exact) mass is 320 g/mol. The minimum absolute atomic E-state index is 0.129. The van der Waals surface area contributed by atoms with Crippen LogP contribution < -0.4 is 10.3 Å². The molecule has 0 radical (unpaired) electrons. The zero-order valence-electron chi connectivity index (χ0n) is 12.9. The molecule has 0 aliphatic heterocycles. The van der Waals surface area contributed by atoms with E-state index in [1.807, 2.05) is 12.1 Å². The quantitative estimate of drug-likeness (QED) is 0.916. The zero-order valence-corrected chi connectivity index (χ0v) is 13.7. The van der Waals surface area contributed by atoms with Crippen LogP contribution >= 0.6 is 0 Å². The van der Waals surface area contributed by atoms with Gasteiger partial charge in [0.05, 0.1) is 4.90 Å². The van der Waals surface area contributed by atoms with E-state index in [2.05, 4.69) is 18.6 Å². The van der Waals surface area contributed by atoms with Crippen LogP contribution in [0.4, 0.5) is 0 Å². The number of hydrogen-bond donors (Lipinski definition) is 1. The summed E-state index contributed by atoms with van der Waals surface area (Å²) in [5.74, 6) is 0.357. The molecule has 0 saturated heterocycles. The summed E-state index contributed by atoms with van der Waals surface area (Å²) in [5, 5.41) is 0. The largest absolute Gasteiger partial charge is 0.318 e. The fourth-order valence-electron chi connectivity index (χ4n) is 2.05. The van der Waals surface area contributed by atoms with Crippen molar-refractivity contribution < 1.29 is 8.42 Å². The summed E-state index contributed by atoms with van der Waals surface area (Å²) >= 11 is 0. The molecule has 1 aromatic heterocycles. The number of pyridine rings is 1. The van der Waals surface area contributed by atoms with Gasteiger partial charge in [0.1, 0.15) is 0 Å². The van der Waals surface area contributed by atoms with Gasteiger partial charge in [0, 0.05) is 25.9 Å². The van der Waals surface area contributed by atoms with Crippen molar-refractivity contribution in [3.05, 3.63) is 64.1 Å². The van der Waals surface area contributed by atoms with Gasteiger partial charge in [-0.3, -0.25) is 4.79 Å². The first-order valence-corrected chi connectivity index (χ1v) is 8.53. The number of benzene rings is 1. The molecule has 0 saturated carbocycles. The third-order valence-corrected chi connectivity index (χ3v) is 4.89. The maximum Gasteiger partial charge on any atom is 0.250 e. The Balaban J connectivity index is 2.13. The van der Waals surface area contributed by atoms with Gasteiger partial charge < -0.3 is 4.57 Å². The van der Waals surface area contributed by atoms with Gasteiger partial charge in [-0.15, -0.1) is 0 Å². The van der Waals surface area contributed by atoms with E-state index in [1.54, 1.807) is 31.4 Å². The van der Waals surface area contributed by atoms with Crippen molar-refractivity contribution in [2.75, 3.05) is 0 Å². The first-order valence-electron chi connectivity index (χ1n) is 7.05. The van der Waals surface area contributed by atoms with Gasteiger partial charge in [0.15, 0.2) is 0 Å². The molecule has 0 fully saturated rings. The fraction of sp³-hybridized carbons (Fsp3) is 0.312. The smallest absolute Gasteiger partial charge is 0.250 e. The van der Waals surface area contributed by atoms with Gasteiger partial charge in [-0.2, -0.15) is 0 Å². The lowest BCUT2D eigenvalue weighted by Gasteiger charge is -2.09. The predicted octanol–water partition coefficient (Wildman–Crippen LogP) is 1.99. The Morgan fingerprint density at radius 2 is 1.73 bits per heavy atom. The summed E-state index contributed by atoms with van der Waals surface area (Å²) < 4.78 is 28.5. The maximum absolute atomic E-state index is 12.3. The number of sulfonamides is 1. The molecule has 6 heteroatoms. The van der Waals surface area contributed by atoms with Crippen molar-refractivity contribution in [3.63, 3.8) is 0 Å². The van der Waals surface area contributed by atoms with E-state index in [0.29, 0.717) is 5.92 Å². The minimum Gasteiger partial charge on any atom is -0.318 e. The van der Waals surface area contributed by atoms with E-state index in [-0.39, 0.29) is 17.0 Å². The second-order valence-corrected chi connectivity index (χ2v) is 7.30. The molecular formula is C16H20N2O3S. The predicted molar refractivity (Wildman–Crippen MR) is 86.2 cm³/mol. The molecular weight excluding hydrogens is 300 g/mol. The van der Waals surface area contributed by atoms with Crippen LogP contribution in [0.1, 0.15) is 30.9 Å². The molecule has 2 aromatic rings. The molecule has 0 amide bonds. The summed E-state index contributed by atoms with van der Waals surface area (Å²) in [6.07, 6.45) is 1.62. The Labute approximate surface area is 130 Å². The number of nitrogens with zero attached hydrogens (tertiary/aromatic N) is 1. The molecule has 0 atom stereocenters. The highest BCUT2D eigenvalue weighted by atomic mass is 32.2. The van der Waals surface area contributed by atoms with E-state index in [0.717, 1.165) is 11.1 Å². The van der Waals surface area contributed by atoms with Gasteiger partial charge in [-0.05, 0) is 29.2 Å². The average molecular weight is 320 g/mol. The Morgan fingerprint density at radius 1 is 1.09 bits per heavy atom. The van der Waals surface area contributed by atoms with Crippen LogP contribution in [0.15, 0.2) is 52.3 Å². The van der Waals surface area contributed by atoms with E-state index in [1.165, 1.54) is 10.6 Å². The molecule has 2 rings (SSSR count). The molecule has 5 nitrogen and oxygen atoms in total. The highest BCUT2D eigenvalue weighted by Gasteiger charge is 2.14. The third kappa shape index (κ3) is 3.84. The summed E-state index contributed by atoms with van der Waals surface area (Å²) in [4.78, 5) is 11.5. The van der Waals surface area contributed by atoms with Crippen LogP contribution in [0.5, 0.6) is 0 Å². The molecule has 0 spiro atoms. The fourth-order valence-corrected chi connectivity index (χ4v) is 3.07. The highest BCUT2D eigenvalue weighted by molar-refractivity contribution is 7.89. The van der Waals surface area contributed by atoms with Crippen LogP contribution in [0.2, 0.25) is 0 Å². The lowest BCUT2D eigenvalue weighted by Crippen LogP contribution is -2.24. The third-order valence-electron chi connectivity index (χ3n) is 3.47. The van der Waals surface area contributed by atoms with Gasteiger partial charge in [0.25, 0.3) is 0 Å². The van der Waals surface area contributed by atoms with Crippen LogP contribution in [-0.2, 0) is 23.6 Å². The maximum atomic E-state index is 12.3. The summed E-state index contributed by atoms with van der Waals surface area (Å²) in [5.41, 5.74) is 1.69. The average Bonchev–Trinajstić information content (AvgIpc) is 2.48. The Morgan fingerprint density at radius 3 is 2.27 bits per heavy atom. The van der Waals surface area contributed by atoms with Crippen molar-refractivity contribution in [2.24, 2.45) is 7.05 Å². The van der Waals surface area contributed by atoms with E-state index in [4.69, 9.17) is 0 Å². The van der Waals surface area contributed by atoms with Gasteiger partial charge in [-0.25, -0.2) is 13.1 Å². The van der Waals surface area contributed by atoms with E-state index >= 15 is 0 Å². The minimum atomic E-state index is -3.56. The van der Waals surface area contributed by atoms with Crippen LogP contribution in [0.25, 0.3) is 0 Å². The molecule has 0 bridgehead atoms. The Bertz CT molecular complexity index is 806. The summed E-state index contributed by atoms with van der Waals surface area (Å²) in [7, 11) is -1.93. The molecule has 0 aliphatic rings. The summed E-state index contributed by atoms with van der Waals surface area (Å²) in [6, 6.07) is 9.90. The standard InChI is InChI=1S/C16H20N2O3S/c1-12(2)14-5-7-15(8-6-14)22(20,21)17-10-13-4-9-16(19)18(3)11-13/h4-9,11-12,17H,10H2,1-3H3. The van der Waals surface area contributed by atoms with Crippen molar-refractivity contribution in [2.45, 2.75) is 31.2 Å². The van der Waals surface area contributed by atoms with Crippen LogP contribution in [-0.4, -0.2) is 13.0 Å². The topological polar surface area (TPSA) is 68.2 Å². The van der Waals surface area contributed by atoms with Crippen molar-refractivity contribution >= 4 is 10.0 Å². The van der Waals surface area contributed by atoms with Crippen molar-refractivity contribution in [1.29, 1.82) is 0 Å². The first-order chi connectivity index (χ1) is 10.3. The first kappa shape index (κ1) is 16.5. The highest BCUT2D eigenvalue weighted by Crippen LogP contribution is 2.17. The van der Waals surface area contributed by atoms with E-state index in [9.17, 15) is 13.2 Å². The number of nitrogens with one attached hydrogen (secondary N) is 1. The van der Waals surface area contributed by atoms with Crippen LogP contribution in [0.3, 0.4) is 0 Å². The summed E-state index contributed by atoms with van der Waals surface area (Å²) in [6.45, 7) is 4.26. The molecule has 118 valence electrons. The normalized spacial score (nSPS) is 11.8. The van der Waals surface area contributed by atoms with Crippen molar-refractivity contribution in [1.82, 2.24) is 9.29 Å². The Hall–Kier alpha value is -1.92. The van der Waals surface area contributed by atoms with Gasteiger partial charge in [-0.1, -0.05) is 32.0 Å². The second-order valence-electron chi connectivity index (χ2n) is 5.53. The SMILES string of the molecule is CC(C)c1ccc(S(=O)(=O)NCc2ccc(=O)n(C)c2)cc1. The van der Waals surface area contributed by atoms with Gasteiger partial charge >= 0.3 is 0 Å².